The summed E-state index contributed by atoms with van der Waals surface area (Å²) in [7, 11) is 0. The summed E-state index contributed by atoms with van der Waals surface area (Å²) in [5.41, 5.74) is 1.74. The Morgan fingerprint density at radius 3 is 2.57 bits per heavy atom. The second-order valence-electron chi connectivity index (χ2n) is 4.86. The lowest BCUT2D eigenvalue weighted by atomic mass is 10.1. The number of benzene rings is 1. The van der Waals surface area contributed by atoms with E-state index >= 15 is 0 Å². The van der Waals surface area contributed by atoms with E-state index < -0.39 is 12.0 Å². The second kappa shape index (κ2) is 8.52. The highest BCUT2D eigenvalue weighted by Gasteiger charge is 2.19. The van der Waals surface area contributed by atoms with Gasteiger partial charge in [0.15, 0.2) is 0 Å². The highest BCUT2D eigenvalue weighted by molar-refractivity contribution is 7.99. The number of allylic oxidation sites excluding steroid dienone is 1. The number of aliphatic carboxylic acids is 1. The van der Waals surface area contributed by atoms with Gasteiger partial charge in [-0.1, -0.05) is 30.7 Å². The first kappa shape index (κ1) is 17.3. The van der Waals surface area contributed by atoms with Crippen molar-refractivity contribution in [3.8, 4) is 0 Å². The van der Waals surface area contributed by atoms with Crippen molar-refractivity contribution < 1.29 is 14.7 Å². The zero-order valence-corrected chi connectivity index (χ0v) is 13.4. The first-order valence-corrected chi connectivity index (χ1v) is 7.83. The van der Waals surface area contributed by atoms with Crippen LogP contribution in [-0.2, 0) is 4.79 Å². The number of hydrogen-bond donors (Lipinski definition) is 2. The molecule has 5 heteroatoms. The van der Waals surface area contributed by atoms with E-state index in [9.17, 15) is 9.59 Å². The number of carboxylic acids is 1. The maximum Gasteiger partial charge on any atom is 0.326 e. The minimum atomic E-state index is -1.01. The van der Waals surface area contributed by atoms with Gasteiger partial charge in [0.1, 0.15) is 6.04 Å². The molecule has 1 unspecified atom stereocenters. The molecule has 4 nitrogen and oxygen atoms in total. The molecule has 0 aromatic heterocycles. The Bertz CT molecular complexity index is 536. The normalized spacial score (nSPS) is 11.6. The van der Waals surface area contributed by atoms with Crippen LogP contribution in [0.25, 0.3) is 0 Å². The number of carbonyl (C=O) groups is 2. The number of carbonyl (C=O) groups excluding carboxylic acids is 1. The van der Waals surface area contributed by atoms with Crippen molar-refractivity contribution in [2.45, 2.75) is 38.1 Å². The van der Waals surface area contributed by atoms with E-state index in [4.69, 9.17) is 5.11 Å². The van der Waals surface area contributed by atoms with Crippen LogP contribution in [0, 0.1) is 0 Å². The third-order valence-electron chi connectivity index (χ3n) is 2.87. The molecule has 0 aliphatic heterocycles. The monoisotopic (exact) mass is 307 g/mol. The minimum absolute atomic E-state index is 0.343. The fraction of sp³-hybridized carbons (Fsp3) is 0.375. The minimum Gasteiger partial charge on any atom is -0.480 e. The molecule has 0 fully saturated rings. The van der Waals surface area contributed by atoms with Gasteiger partial charge in [-0.25, -0.2) is 4.79 Å². The third kappa shape index (κ3) is 5.63. The van der Waals surface area contributed by atoms with Crippen molar-refractivity contribution in [1.82, 2.24) is 5.32 Å². The van der Waals surface area contributed by atoms with Gasteiger partial charge in [0, 0.05) is 10.6 Å². The number of hydrogen-bond acceptors (Lipinski definition) is 3. The molecule has 1 amide bonds. The number of thioether (sulfide) groups is 1. The fourth-order valence-electron chi connectivity index (χ4n) is 1.65. The maximum atomic E-state index is 12.2. The molecule has 0 heterocycles. The average molecular weight is 307 g/mol. The average Bonchev–Trinajstić information content (AvgIpc) is 2.44. The highest BCUT2D eigenvalue weighted by atomic mass is 32.2. The smallest absolute Gasteiger partial charge is 0.326 e. The Balaban J connectivity index is 2.84. The van der Waals surface area contributed by atoms with Crippen LogP contribution in [0.2, 0.25) is 0 Å². The van der Waals surface area contributed by atoms with Gasteiger partial charge in [0.25, 0.3) is 5.91 Å². The first-order valence-electron chi connectivity index (χ1n) is 6.84. The van der Waals surface area contributed by atoms with Crippen molar-refractivity contribution >= 4 is 23.6 Å². The van der Waals surface area contributed by atoms with Crippen LogP contribution < -0.4 is 5.32 Å². The molecule has 0 aliphatic rings. The third-order valence-corrected chi connectivity index (χ3v) is 3.87. The summed E-state index contributed by atoms with van der Waals surface area (Å²) in [4.78, 5) is 24.1. The summed E-state index contributed by atoms with van der Waals surface area (Å²) in [5, 5.41) is 11.6. The number of amides is 1. The van der Waals surface area contributed by atoms with Gasteiger partial charge in [0.2, 0.25) is 0 Å². The van der Waals surface area contributed by atoms with Gasteiger partial charge in [-0.15, -0.1) is 11.8 Å². The lowest BCUT2D eigenvalue weighted by molar-refractivity contribution is -0.139. The van der Waals surface area contributed by atoms with E-state index in [0.29, 0.717) is 12.0 Å². The summed E-state index contributed by atoms with van der Waals surface area (Å²) in [5.74, 6) is -0.576. The topological polar surface area (TPSA) is 66.4 Å². The van der Waals surface area contributed by atoms with Crippen LogP contribution in [0.15, 0.2) is 40.8 Å². The molecule has 0 spiro atoms. The Kier molecular flexibility index (Phi) is 7.02. The van der Waals surface area contributed by atoms with E-state index in [1.54, 1.807) is 30.8 Å². The standard InChI is InChI=1S/C16H21NO3S/c1-4-13(16(19)20)17-15(18)12-7-5-6-8-14(12)21-10-9-11(2)3/h5-9,13H,4,10H2,1-3H3,(H,17,18)(H,19,20). The van der Waals surface area contributed by atoms with Crippen molar-refractivity contribution in [2.75, 3.05) is 5.75 Å². The summed E-state index contributed by atoms with van der Waals surface area (Å²) < 4.78 is 0. The van der Waals surface area contributed by atoms with Crippen molar-refractivity contribution in [3.63, 3.8) is 0 Å². The molecule has 0 saturated heterocycles. The zero-order valence-electron chi connectivity index (χ0n) is 12.6. The lowest BCUT2D eigenvalue weighted by Crippen LogP contribution is -2.40. The van der Waals surface area contributed by atoms with E-state index in [0.717, 1.165) is 10.6 Å². The molecule has 1 rings (SSSR count). The van der Waals surface area contributed by atoms with Crippen molar-refractivity contribution in [2.24, 2.45) is 0 Å². The summed E-state index contributed by atoms with van der Waals surface area (Å²) >= 11 is 1.56. The van der Waals surface area contributed by atoms with Crippen LogP contribution in [0.3, 0.4) is 0 Å². The SMILES string of the molecule is CCC(NC(=O)c1ccccc1SCC=C(C)C)C(=O)O. The van der Waals surface area contributed by atoms with Crippen molar-refractivity contribution in [3.05, 3.63) is 41.5 Å². The summed E-state index contributed by atoms with van der Waals surface area (Å²) in [6, 6.07) is 6.39. The highest BCUT2D eigenvalue weighted by Crippen LogP contribution is 2.23. The molecule has 0 saturated carbocycles. The molecular weight excluding hydrogens is 286 g/mol. The Morgan fingerprint density at radius 2 is 2.00 bits per heavy atom. The van der Waals surface area contributed by atoms with Gasteiger partial charge >= 0.3 is 5.97 Å². The Morgan fingerprint density at radius 1 is 1.33 bits per heavy atom. The summed E-state index contributed by atoms with van der Waals surface area (Å²) in [6.45, 7) is 5.78. The zero-order chi connectivity index (χ0) is 15.8. The predicted molar refractivity (Wildman–Crippen MR) is 85.8 cm³/mol. The molecule has 1 aromatic carbocycles. The van der Waals surface area contributed by atoms with Gasteiger partial charge in [-0.2, -0.15) is 0 Å². The van der Waals surface area contributed by atoms with Crippen LogP contribution in [0.5, 0.6) is 0 Å². The largest absolute Gasteiger partial charge is 0.480 e. The van der Waals surface area contributed by atoms with Gasteiger partial charge in [-0.3, -0.25) is 4.79 Å². The fourth-order valence-corrected chi connectivity index (χ4v) is 2.74. The predicted octanol–water partition coefficient (Wildman–Crippen LogP) is 3.34. The molecule has 2 N–H and O–H groups in total. The van der Waals surface area contributed by atoms with Crippen LogP contribution in [0.4, 0.5) is 0 Å². The number of rotatable bonds is 7. The quantitative estimate of drug-likeness (QED) is 0.599. The van der Waals surface area contributed by atoms with Gasteiger partial charge in [-0.05, 0) is 32.4 Å². The molecule has 0 radical (unpaired) electrons. The van der Waals surface area contributed by atoms with E-state index in [-0.39, 0.29) is 5.91 Å². The number of carboxylic acid groups (broad SMARTS) is 1. The van der Waals surface area contributed by atoms with E-state index in [1.807, 2.05) is 26.0 Å². The summed E-state index contributed by atoms with van der Waals surface area (Å²) in [6.07, 6.45) is 2.44. The molecular formula is C16H21NO3S. The van der Waals surface area contributed by atoms with Crippen LogP contribution >= 0.6 is 11.8 Å². The van der Waals surface area contributed by atoms with Crippen LogP contribution in [0.1, 0.15) is 37.6 Å². The molecule has 21 heavy (non-hydrogen) atoms. The Hall–Kier alpha value is -1.75. The first-order chi connectivity index (χ1) is 9.95. The molecule has 0 bridgehead atoms. The van der Waals surface area contributed by atoms with Crippen molar-refractivity contribution in [1.29, 1.82) is 0 Å². The van der Waals surface area contributed by atoms with Crippen LogP contribution in [-0.4, -0.2) is 28.8 Å². The molecule has 1 atom stereocenters. The van der Waals surface area contributed by atoms with E-state index in [2.05, 4.69) is 11.4 Å². The van der Waals surface area contributed by atoms with E-state index in [1.165, 1.54) is 5.57 Å². The molecule has 0 aliphatic carbocycles. The molecule has 1 aromatic rings. The van der Waals surface area contributed by atoms with Gasteiger partial charge in [0.05, 0.1) is 5.56 Å². The lowest BCUT2D eigenvalue weighted by Gasteiger charge is -2.14. The molecule has 114 valence electrons. The van der Waals surface area contributed by atoms with Gasteiger partial charge < -0.3 is 10.4 Å². The second-order valence-corrected chi connectivity index (χ2v) is 5.92. The maximum absolute atomic E-state index is 12.2. The Labute approximate surface area is 129 Å². The number of nitrogens with one attached hydrogen (secondary N) is 1.